The molecule has 1 aromatic carbocycles. The van der Waals surface area contributed by atoms with Crippen LogP contribution < -0.4 is 4.74 Å². The van der Waals surface area contributed by atoms with E-state index in [1.807, 2.05) is 12.1 Å². The Morgan fingerprint density at radius 2 is 1.61 bits per heavy atom. The average Bonchev–Trinajstić information content (AvgIpc) is 2.38. The minimum Gasteiger partial charge on any atom is -0.497 e. The summed E-state index contributed by atoms with van der Waals surface area (Å²) in [5.74, 6) is 1.23. The highest BCUT2D eigenvalue weighted by atomic mass is 16.5. The first-order valence-electron chi connectivity index (χ1n) is 6.84. The number of unbranched alkanes of at least 4 members (excludes halogenated alkanes) is 4. The number of hydrogen-bond donors (Lipinski definition) is 0. The van der Waals surface area contributed by atoms with Crippen molar-refractivity contribution < 1.29 is 9.53 Å². The van der Waals surface area contributed by atoms with E-state index in [2.05, 4.69) is 12.1 Å². The molecule has 18 heavy (non-hydrogen) atoms. The Balaban J connectivity index is 2.05. The summed E-state index contributed by atoms with van der Waals surface area (Å²) in [7, 11) is 1.69. The standard InChI is InChI=1S/C16H24O2/c1-14(17)8-6-4-3-5-7-9-15-10-12-16(18-2)13-11-15/h10-13H,3-9H2,1-2H3. The molecule has 0 bridgehead atoms. The largest absolute Gasteiger partial charge is 0.497 e. The molecular formula is C16H24O2. The zero-order valence-electron chi connectivity index (χ0n) is 11.6. The quantitative estimate of drug-likeness (QED) is 0.613. The predicted octanol–water partition coefficient (Wildman–Crippen LogP) is 4.17. The van der Waals surface area contributed by atoms with E-state index in [1.165, 1.54) is 31.2 Å². The van der Waals surface area contributed by atoms with Gasteiger partial charge >= 0.3 is 0 Å². The van der Waals surface area contributed by atoms with Gasteiger partial charge in [-0.2, -0.15) is 0 Å². The molecule has 1 rings (SSSR count). The Morgan fingerprint density at radius 3 is 2.22 bits per heavy atom. The fraction of sp³-hybridized carbons (Fsp3) is 0.562. The van der Waals surface area contributed by atoms with Gasteiger partial charge in [0.1, 0.15) is 11.5 Å². The van der Waals surface area contributed by atoms with E-state index < -0.39 is 0 Å². The number of benzene rings is 1. The van der Waals surface area contributed by atoms with Gasteiger partial charge < -0.3 is 9.53 Å². The third-order valence-electron chi connectivity index (χ3n) is 3.15. The van der Waals surface area contributed by atoms with Crippen LogP contribution in [0.2, 0.25) is 0 Å². The number of hydrogen-bond acceptors (Lipinski definition) is 2. The zero-order valence-corrected chi connectivity index (χ0v) is 11.6. The van der Waals surface area contributed by atoms with Crippen LogP contribution in [0.15, 0.2) is 24.3 Å². The van der Waals surface area contributed by atoms with Crippen molar-refractivity contribution in [2.45, 2.75) is 51.9 Å². The van der Waals surface area contributed by atoms with E-state index >= 15 is 0 Å². The molecule has 0 unspecified atom stereocenters. The van der Waals surface area contributed by atoms with Crippen molar-refractivity contribution in [1.82, 2.24) is 0 Å². The molecule has 2 heteroatoms. The fourth-order valence-corrected chi connectivity index (χ4v) is 2.03. The molecule has 0 radical (unpaired) electrons. The van der Waals surface area contributed by atoms with Gasteiger partial charge in [0.2, 0.25) is 0 Å². The van der Waals surface area contributed by atoms with E-state index in [9.17, 15) is 4.79 Å². The first kappa shape index (κ1) is 14.7. The van der Waals surface area contributed by atoms with Gasteiger partial charge in [-0.25, -0.2) is 0 Å². The second-order valence-corrected chi connectivity index (χ2v) is 4.82. The summed E-state index contributed by atoms with van der Waals surface area (Å²) in [6, 6.07) is 8.30. The molecule has 0 amide bonds. The van der Waals surface area contributed by atoms with Gasteiger partial charge in [0.05, 0.1) is 7.11 Å². The number of carbonyl (C=O) groups excluding carboxylic acids is 1. The summed E-state index contributed by atoms with van der Waals surface area (Å²) >= 11 is 0. The van der Waals surface area contributed by atoms with E-state index in [4.69, 9.17) is 4.74 Å². The van der Waals surface area contributed by atoms with Crippen LogP contribution >= 0.6 is 0 Å². The maximum atomic E-state index is 10.8. The van der Waals surface area contributed by atoms with Crippen LogP contribution in [0, 0.1) is 0 Å². The second kappa shape index (κ2) is 8.73. The van der Waals surface area contributed by atoms with Gasteiger partial charge in [-0.05, 0) is 43.9 Å². The van der Waals surface area contributed by atoms with Crippen LogP contribution in [0.5, 0.6) is 5.75 Å². The van der Waals surface area contributed by atoms with Crippen LogP contribution in [-0.2, 0) is 11.2 Å². The normalized spacial score (nSPS) is 10.3. The fourth-order valence-electron chi connectivity index (χ4n) is 2.03. The number of carbonyl (C=O) groups is 1. The smallest absolute Gasteiger partial charge is 0.129 e. The highest BCUT2D eigenvalue weighted by molar-refractivity contribution is 5.75. The molecule has 0 N–H and O–H groups in total. The van der Waals surface area contributed by atoms with Gasteiger partial charge in [0, 0.05) is 6.42 Å². The third-order valence-corrected chi connectivity index (χ3v) is 3.15. The molecule has 0 saturated heterocycles. The monoisotopic (exact) mass is 248 g/mol. The lowest BCUT2D eigenvalue weighted by atomic mass is 10.0. The Bertz CT molecular complexity index is 341. The number of methoxy groups -OCH3 is 1. The van der Waals surface area contributed by atoms with Crippen LogP contribution in [0.4, 0.5) is 0 Å². The summed E-state index contributed by atoms with van der Waals surface area (Å²) in [4.78, 5) is 10.8. The first-order valence-corrected chi connectivity index (χ1v) is 6.84. The van der Waals surface area contributed by atoms with Crippen LogP contribution in [-0.4, -0.2) is 12.9 Å². The molecule has 0 aromatic heterocycles. The molecular weight excluding hydrogens is 224 g/mol. The van der Waals surface area contributed by atoms with Crippen molar-refractivity contribution in [1.29, 1.82) is 0 Å². The molecule has 0 atom stereocenters. The zero-order chi connectivity index (χ0) is 13.2. The second-order valence-electron chi connectivity index (χ2n) is 4.82. The minimum absolute atomic E-state index is 0.313. The van der Waals surface area contributed by atoms with Crippen LogP contribution in [0.25, 0.3) is 0 Å². The highest BCUT2D eigenvalue weighted by Crippen LogP contribution is 2.14. The maximum absolute atomic E-state index is 10.8. The summed E-state index contributed by atoms with van der Waals surface area (Å²) in [5, 5.41) is 0. The number of Topliss-reactive ketones (excluding diaryl/α,β-unsaturated/α-hetero) is 1. The molecule has 0 aliphatic carbocycles. The number of ketones is 1. The van der Waals surface area contributed by atoms with Gasteiger partial charge in [0.15, 0.2) is 0 Å². The molecule has 0 saturated carbocycles. The summed E-state index contributed by atoms with van der Waals surface area (Å²) < 4.78 is 5.13. The Kier molecular flexibility index (Phi) is 7.16. The molecule has 100 valence electrons. The van der Waals surface area contributed by atoms with E-state index in [-0.39, 0.29) is 0 Å². The highest BCUT2D eigenvalue weighted by Gasteiger charge is 1.96. The molecule has 0 spiro atoms. The predicted molar refractivity (Wildman–Crippen MR) is 75.1 cm³/mol. The molecule has 0 fully saturated rings. The number of aryl methyl sites for hydroxylation is 1. The van der Waals surface area contributed by atoms with Crippen molar-refractivity contribution in [3.63, 3.8) is 0 Å². The lowest BCUT2D eigenvalue weighted by molar-refractivity contribution is -0.117. The lowest BCUT2D eigenvalue weighted by Gasteiger charge is -2.03. The molecule has 1 aromatic rings. The minimum atomic E-state index is 0.313. The van der Waals surface area contributed by atoms with Crippen LogP contribution in [0.1, 0.15) is 51.0 Å². The topological polar surface area (TPSA) is 26.3 Å². The van der Waals surface area contributed by atoms with E-state index in [1.54, 1.807) is 14.0 Å². The van der Waals surface area contributed by atoms with Gasteiger partial charge in [-0.3, -0.25) is 0 Å². The molecule has 0 heterocycles. The van der Waals surface area contributed by atoms with E-state index in [0.717, 1.165) is 25.0 Å². The van der Waals surface area contributed by atoms with Crippen molar-refractivity contribution in [3.8, 4) is 5.75 Å². The number of rotatable bonds is 9. The summed E-state index contributed by atoms with van der Waals surface area (Å²) in [5.41, 5.74) is 1.37. The maximum Gasteiger partial charge on any atom is 0.129 e. The molecule has 0 aliphatic heterocycles. The SMILES string of the molecule is COc1ccc(CCCCCCCC(C)=O)cc1. The molecule has 0 aliphatic rings. The average molecular weight is 248 g/mol. The summed E-state index contributed by atoms with van der Waals surface area (Å²) in [6.07, 6.45) is 7.84. The van der Waals surface area contributed by atoms with Gasteiger partial charge in [0.25, 0.3) is 0 Å². The van der Waals surface area contributed by atoms with Crippen molar-refractivity contribution in [2.75, 3.05) is 7.11 Å². The Labute approximate surface area is 110 Å². The lowest BCUT2D eigenvalue weighted by Crippen LogP contribution is -1.90. The Hall–Kier alpha value is -1.31. The van der Waals surface area contributed by atoms with Gasteiger partial charge in [-0.15, -0.1) is 0 Å². The van der Waals surface area contributed by atoms with Crippen molar-refractivity contribution in [2.24, 2.45) is 0 Å². The van der Waals surface area contributed by atoms with Crippen molar-refractivity contribution >= 4 is 5.78 Å². The summed E-state index contributed by atoms with van der Waals surface area (Å²) in [6.45, 7) is 1.67. The van der Waals surface area contributed by atoms with Crippen molar-refractivity contribution in [3.05, 3.63) is 29.8 Å². The number of ether oxygens (including phenoxy) is 1. The third kappa shape index (κ3) is 6.43. The van der Waals surface area contributed by atoms with E-state index in [0.29, 0.717) is 5.78 Å². The van der Waals surface area contributed by atoms with Crippen LogP contribution in [0.3, 0.4) is 0 Å². The first-order chi connectivity index (χ1) is 8.72. The Morgan fingerprint density at radius 1 is 1.00 bits per heavy atom. The van der Waals surface area contributed by atoms with Gasteiger partial charge in [-0.1, -0.05) is 31.4 Å². The molecule has 2 nitrogen and oxygen atoms in total.